The lowest BCUT2D eigenvalue weighted by Gasteiger charge is -2.25. The summed E-state index contributed by atoms with van der Waals surface area (Å²) in [6.07, 6.45) is 0. The van der Waals surface area contributed by atoms with Gasteiger partial charge in [0.15, 0.2) is 0 Å². The van der Waals surface area contributed by atoms with E-state index >= 15 is 0 Å². The molecule has 0 N–H and O–H groups in total. The third kappa shape index (κ3) is 4.68. The molecular weight excluding hydrogens is 390 g/mol. The average Bonchev–Trinajstić information content (AvgIpc) is 2.75. The van der Waals surface area contributed by atoms with Crippen molar-refractivity contribution in [3.05, 3.63) is 33.8 Å². The number of nitrogens with zero attached hydrogens (tertiary/aromatic N) is 1. The quantitative estimate of drug-likeness (QED) is 0.390. The first-order valence-corrected chi connectivity index (χ1v) is 12.5. The van der Waals surface area contributed by atoms with Crippen LogP contribution in [0.1, 0.15) is 22.0 Å². The molecule has 0 saturated heterocycles. The van der Waals surface area contributed by atoms with Gasteiger partial charge in [-0.3, -0.25) is 9.59 Å². The zero-order chi connectivity index (χ0) is 17.9. The molecule has 0 saturated carbocycles. The van der Waals surface area contributed by atoms with Crippen LogP contribution in [0.2, 0.25) is 25.7 Å². The summed E-state index contributed by atoms with van der Waals surface area (Å²) in [6, 6.07) is 6.44. The van der Waals surface area contributed by atoms with Gasteiger partial charge in [-0.1, -0.05) is 41.6 Å². The predicted octanol–water partition coefficient (Wildman–Crippen LogP) is 3.47. The maximum atomic E-state index is 12.7. The molecule has 1 aromatic rings. The number of fused-ring (bicyclic) bond motifs is 1. The van der Waals surface area contributed by atoms with E-state index in [0.29, 0.717) is 18.8 Å². The molecule has 1 amide bonds. The van der Waals surface area contributed by atoms with E-state index in [4.69, 9.17) is 9.47 Å². The van der Waals surface area contributed by atoms with Crippen molar-refractivity contribution in [3.63, 3.8) is 0 Å². The molecule has 2 rings (SSSR count). The number of hydrogen-bond donors (Lipinski definition) is 0. The van der Waals surface area contributed by atoms with Crippen molar-refractivity contribution in [3.8, 4) is 0 Å². The molecule has 7 heteroatoms. The van der Waals surface area contributed by atoms with E-state index in [1.165, 1.54) is 12.0 Å². The summed E-state index contributed by atoms with van der Waals surface area (Å²) < 4.78 is 11.4. The SMILES string of the molecule is COC(=O)CN1C(=O)c2cc(Br)ccc2C1COCC[Si](C)(C)C. The Balaban J connectivity index is 2.14. The second-order valence-electron chi connectivity index (χ2n) is 7.14. The van der Waals surface area contributed by atoms with E-state index in [9.17, 15) is 9.59 Å². The Hall–Kier alpha value is -1.18. The van der Waals surface area contributed by atoms with Crippen molar-refractivity contribution < 1.29 is 19.1 Å². The maximum Gasteiger partial charge on any atom is 0.325 e. The van der Waals surface area contributed by atoms with Crippen LogP contribution in [0.3, 0.4) is 0 Å². The predicted molar refractivity (Wildman–Crippen MR) is 98.9 cm³/mol. The van der Waals surface area contributed by atoms with Gasteiger partial charge >= 0.3 is 5.97 Å². The number of benzene rings is 1. The van der Waals surface area contributed by atoms with Gasteiger partial charge in [0.2, 0.25) is 0 Å². The molecule has 1 aliphatic rings. The van der Waals surface area contributed by atoms with Gasteiger partial charge in [0.1, 0.15) is 6.54 Å². The van der Waals surface area contributed by atoms with Crippen molar-refractivity contribution in [1.29, 1.82) is 0 Å². The van der Waals surface area contributed by atoms with Crippen LogP contribution in [-0.4, -0.2) is 51.7 Å². The number of hydrogen-bond acceptors (Lipinski definition) is 4. The number of esters is 1. The minimum absolute atomic E-state index is 0.0658. The van der Waals surface area contributed by atoms with Crippen LogP contribution in [0.5, 0.6) is 0 Å². The summed E-state index contributed by atoms with van der Waals surface area (Å²) in [5.41, 5.74) is 1.52. The van der Waals surface area contributed by atoms with Crippen molar-refractivity contribution in [2.24, 2.45) is 0 Å². The van der Waals surface area contributed by atoms with Gasteiger partial charge in [-0.2, -0.15) is 0 Å². The molecule has 0 bridgehead atoms. The number of methoxy groups -OCH3 is 1. The first-order chi connectivity index (χ1) is 11.2. The Morgan fingerprint density at radius 3 is 2.67 bits per heavy atom. The Morgan fingerprint density at radius 1 is 1.33 bits per heavy atom. The number of rotatable bonds is 7. The van der Waals surface area contributed by atoms with Gasteiger partial charge < -0.3 is 14.4 Å². The summed E-state index contributed by atoms with van der Waals surface area (Å²) in [4.78, 5) is 25.9. The Morgan fingerprint density at radius 2 is 2.04 bits per heavy atom. The van der Waals surface area contributed by atoms with Crippen molar-refractivity contribution in [1.82, 2.24) is 4.90 Å². The van der Waals surface area contributed by atoms with Gasteiger partial charge in [-0.15, -0.1) is 0 Å². The van der Waals surface area contributed by atoms with Gasteiger partial charge in [-0.05, 0) is 23.7 Å². The standard InChI is InChI=1S/C17H24BrNO4Si/c1-22-16(20)10-19-15(11-23-7-8-24(2,3)4)13-6-5-12(18)9-14(13)17(19)21/h5-6,9,15H,7-8,10-11H2,1-4H3. The van der Waals surface area contributed by atoms with E-state index in [1.807, 2.05) is 12.1 Å². The third-order valence-corrected chi connectivity index (χ3v) is 6.24. The van der Waals surface area contributed by atoms with Crippen LogP contribution in [0.15, 0.2) is 22.7 Å². The molecule has 1 heterocycles. The average molecular weight is 414 g/mol. The molecule has 1 atom stereocenters. The van der Waals surface area contributed by atoms with Crippen LogP contribution in [0.25, 0.3) is 0 Å². The topological polar surface area (TPSA) is 55.8 Å². The number of carbonyl (C=O) groups is 2. The molecule has 0 spiro atoms. The molecule has 1 aliphatic heterocycles. The number of carbonyl (C=O) groups excluding carboxylic acids is 2. The maximum absolute atomic E-state index is 12.7. The highest BCUT2D eigenvalue weighted by molar-refractivity contribution is 9.10. The van der Waals surface area contributed by atoms with Crippen LogP contribution in [-0.2, 0) is 14.3 Å². The van der Waals surface area contributed by atoms with Crippen molar-refractivity contribution in [2.45, 2.75) is 31.7 Å². The molecule has 0 aromatic heterocycles. The highest BCUT2D eigenvalue weighted by atomic mass is 79.9. The third-order valence-electron chi connectivity index (χ3n) is 4.04. The number of ether oxygens (including phenoxy) is 2. The lowest BCUT2D eigenvalue weighted by atomic mass is 10.1. The fourth-order valence-corrected chi connectivity index (χ4v) is 3.72. The molecule has 132 valence electrons. The minimum atomic E-state index is -1.16. The normalized spacial score (nSPS) is 17.1. The summed E-state index contributed by atoms with van der Waals surface area (Å²) in [6.45, 7) is 7.90. The second kappa shape index (κ2) is 7.80. The number of amides is 1. The molecule has 1 unspecified atom stereocenters. The molecule has 0 aliphatic carbocycles. The van der Waals surface area contributed by atoms with E-state index in [2.05, 4.69) is 35.6 Å². The highest BCUT2D eigenvalue weighted by Gasteiger charge is 2.38. The van der Waals surface area contributed by atoms with E-state index in [1.54, 1.807) is 6.07 Å². The molecular formula is C17H24BrNO4Si. The fraction of sp³-hybridized carbons (Fsp3) is 0.529. The van der Waals surface area contributed by atoms with Gasteiger partial charge in [0, 0.05) is 24.7 Å². The largest absolute Gasteiger partial charge is 0.468 e. The Labute approximate surface area is 152 Å². The number of halogens is 1. The lowest BCUT2D eigenvalue weighted by molar-refractivity contribution is -0.142. The summed E-state index contributed by atoms with van der Waals surface area (Å²) in [7, 11) is 0.164. The van der Waals surface area contributed by atoms with Crippen molar-refractivity contribution >= 4 is 35.9 Å². The first kappa shape index (κ1) is 19.1. The fourth-order valence-electron chi connectivity index (χ4n) is 2.61. The summed E-state index contributed by atoms with van der Waals surface area (Å²) in [5, 5.41) is 0. The van der Waals surface area contributed by atoms with E-state index in [0.717, 1.165) is 16.1 Å². The Kier molecular flexibility index (Phi) is 6.22. The smallest absolute Gasteiger partial charge is 0.325 e. The zero-order valence-electron chi connectivity index (χ0n) is 14.6. The van der Waals surface area contributed by atoms with Crippen LogP contribution in [0.4, 0.5) is 0 Å². The molecule has 0 radical (unpaired) electrons. The second-order valence-corrected chi connectivity index (χ2v) is 13.7. The molecule has 1 aromatic carbocycles. The highest BCUT2D eigenvalue weighted by Crippen LogP contribution is 2.35. The van der Waals surface area contributed by atoms with E-state index in [-0.39, 0.29) is 18.5 Å². The lowest BCUT2D eigenvalue weighted by Crippen LogP contribution is -2.36. The van der Waals surface area contributed by atoms with Crippen LogP contribution >= 0.6 is 15.9 Å². The summed E-state index contributed by atoms with van der Waals surface area (Å²) >= 11 is 3.39. The molecule has 0 fully saturated rings. The molecule has 24 heavy (non-hydrogen) atoms. The van der Waals surface area contributed by atoms with Gasteiger partial charge in [-0.25, -0.2) is 0 Å². The Bertz CT molecular complexity index is 630. The van der Waals surface area contributed by atoms with Crippen LogP contribution in [0, 0.1) is 0 Å². The van der Waals surface area contributed by atoms with Gasteiger partial charge in [0.05, 0.1) is 19.8 Å². The van der Waals surface area contributed by atoms with E-state index < -0.39 is 14.0 Å². The zero-order valence-corrected chi connectivity index (χ0v) is 17.2. The van der Waals surface area contributed by atoms with Gasteiger partial charge in [0.25, 0.3) is 5.91 Å². The minimum Gasteiger partial charge on any atom is -0.468 e. The van der Waals surface area contributed by atoms with Crippen LogP contribution < -0.4 is 0 Å². The monoisotopic (exact) mass is 413 g/mol. The molecule has 5 nitrogen and oxygen atoms in total. The van der Waals surface area contributed by atoms with Crippen molar-refractivity contribution in [2.75, 3.05) is 26.9 Å². The summed E-state index contributed by atoms with van der Waals surface area (Å²) in [5.74, 6) is -0.585. The first-order valence-electron chi connectivity index (χ1n) is 7.98.